The first-order chi connectivity index (χ1) is 6.15. The summed E-state index contributed by atoms with van der Waals surface area (Å²) in [6.45, 7) is 7.08. The smallest absolute Gasteiger partial charge is 0.0996 e. The molecule has 0 saturated carbocycles. The van der Waals surface area contributed by atoms with Gasteiger partial charge in [-0.25, -0.2) is 4.68 Å². The van der Waals surface area contributed by atoms with Crippen molar-refractivity contribution in [2.24, 2.45) is 5.92 Å². The van der Waals surface area contributed by atoms with Crippen LogP contribution in [0.3, 0.4) is 0 Å². The highest BCUT2D eigenvalue weighted by Crippen LogP contribution is 2.06. The SMILES string of the molecule is Cc1c(CC#N)nnn1CC(C)C. The third-order valence-corrected chi connectivity index (χ3v) is 1.86. The second-order valence-corrected chi connectivity index (χ2v) is 3.53. The molecule has 0 atom stereocenters. The lowest BCUT2D eigenvalue weighted by Gasteiger charge is -2.05. The normalized spacial score (nSPS) is 10.4. The summed E-state index contributed by atoms with van der Waals surface area (Å²) >= 11 is 0. The Morgan fingerprint density at radius 1 is 1.54 bits per heavy atom. The minimum absolute atomic E-state index is 0.351. The molecule has 0 aliphatic heterocycles. The Morgan fingerprint density at radius 3 is 2.77 bits per heavy atom. The molecule has 0 aliphatic rings. The summed E-state index contributed by atoms with van der Waals surface area (Å²) in [6, 6.07) is 2.08. The minimum Gasteiger partial charge on any atom is -0.249 e. The van der Waals surface area contributed by atoms with Crippen LogP contribution in [-0.4, -0.2) is 15.0 Å². The first-order valence-electron chi connectivity index (χ1n) is 4.41. The Balaban J connectivity index is 2.81. The zero-order valence-electron chi connectivity index (χ0n) is 8.28. The average molecular weight is 178 g/mol. The third-order valence-electron chi connectivity index (χ3n) is 1.86. The summed E-state index contributed by atoms with van der Waals surface area (Å²) in [5.41, 5.74) is 1.80. The predicted octanol–water partition coefficient (Wildman–Crippen LogP) is 1.31. The van der Waals surface area contributed by atoms with Gasteiger partial charge in [-0.3, -0.25) is 0 Å². The third kappa shape index (κ3) is 2.28. The molecule has 1 rings (SSSR count). The Kier molecular flexibility index (Phi) is 3.02. The maximum atomic E-state index is 8.51. The fraction of sp³-hybridized carbons (Fsp3) is 0.667. The molecule has 1 aromatic heterocycles. The summed E-state index contributed by atoms with van der Waals surface area (Å²) in [5.74, 6) is 0.551. The fourth-order valence-electron chi connectivity index (χ4n) is 1.15. The lowest BCUT2D eigenvalue weighted by molar-refractivity contribution is 0.464. The summed E-state index contributed by atoms with van der Waals surface area (Å²) in [5, 5.41) is 16.4. The molecular weight excluding hydrogens is 164 g/mol. The van der Waals surface area contributed by atoms with Crippen LogP contribution in [0.25, 0.3) is 0 Å². The number of nitrogens with zero attached hydrogens (tertiary/aromatic N) is 4. The van der Waals surface area contributed by atoms with Gasteiger partial charge >= 0.3 is 0 Å². The quantitative estimate of drug-likeness (QED) is 0.701. The topological polar surface area (TPSA) is 54.5 Å². The van der Waals surface area contributed by atoms with E-state index in [4.69, 9.17) is 5.26 Å². The summed E-state index contributed by atoms with van der Waals surface area (Å²) < 4.78 is 1.86. The van der Waals surface area contributed by atoms with Crippen molar-refractivity contribution in [3.63, 3.8) is 0 Å². The van der Waals surface area contributed by atoms with E-state index < -0.39 is 0 Å². The van der Waals surface area contributed by atoms with Crippen LogP contribution in [0, 0.1) is 24.2 Å². The largest absolute Gasteiger partial charge is 0.249 e. The van der Waals surface area contributed by atoms with Gasteiger partial charge in [0.1, 0.15) is 0 Å². The van der Waals surface area contributed by atoms with Crippen LogP contribution >= 0.6 is 0 Å². The molecule has 13 heavy (non-hydrogen) atoms. The first-order valence-corrected chi connectivity index (χ1v) is 4.41. The van der Waals surface area contributed by atoms with Crippen molar-refractivity contribution in [1.82, 2.24) is 15.0 Å². The lowest BCUT2D eigenvalue weighted by Crippen LogP contribution is -2.08. The highest BCUT2D eigenvalue weighted by molar-refractivity contribution is 5.11. The number of hydrogen-bond acceptors (Lipinski definition) is 3. The van der Waals surface area contributed by atoms with Crippen molar-refractivity contribution in [3.05, 3.63) is 11.4 Å². The molecule has 4 heteroatoms. The number of aromatic nitrogens is 3. The molecule has 1 heterocycles. The fourth-order valence-corrected chi connectivity index (χ4v) is 1.15. The van der Waals surface area contributed by atoms with Gasteiger partial charge in [-0.05, 0) is 12.8 Å². The Bertz CT molecular complexity index is 319. The summed E-state index contributed by atoms with van der Waals surface area (Å²) in [6.07, 6.45) is 0.351. The van der Waals surface area contributed by atoms with Gasteiger partial charge in [0.2, 0.25) is 0 Å². The zero-order chi connectivity index (χ0) is 9.84. The molecule has 0 radical (unpaired) electrons. The van der Waals surface area contributed by atoms with Crippen molar-refractivity contribution >= 4 is 0 Å². The number of hydrogen-bond donors (Lipinski definition) is 0. The van der Waals surface area contributed by atoms with Crippen LogP contribution in [0.1, 0.15) is 25.2 Å². The van der Waals surface area contributed by atoms with Crippen molar-refractivity contribution in [1.29, 1.82) is 5.26 Å². The molecule has 0 aliphatic carbocycles. The molecule has 0 aromatic carbocycles. The molecule has 0 spiro atoms. The standard InChI is InChI=1S/C9H14N4/c1-7(2)6-13-8(3)9(4-5-10)11-12-13/h7H,4,6H2,1-3H3. The molecule has 0 saturated heterocycles. The first kappa shape index (κ1) is 9.72. The van der Waals surface area contributed by atoms with Crippen molar-refractivity contribution in [2.75, 3.05) is 0 Å². The van der Waals surface area contributed by atoms with Gasteiger partial charge in [0, 0.05) is 6.54 Å². The van der Waals surface area contributed by atoms with E-state index in [1.165, 1.54) is 0 Å². The van der Waals surface area contributed by atoms with Gasteiger partial charge in [-0.15, -0.1) is 5.10 Å². The molecule has 0 N–H and O–H groups in total. The molecule has 70 valence electrons. The molecule has 0 fully saturated rings. The minimum atomic E-state index is 0.351. The van der Waals surface area contributed by atoms with Crippen LogP contribution < -0.4 is 0 Å². The highest BCUT2D eigenvalue weighted by atomic mass is 15.4. The van der Waals surface area contributed by atoms with E-state index in [9.17, 15) is 0 Å². The van der Waals surface area contributed by atoms with E-state index in [1.807, 2.05) is 11.6 Å². The second kappa shape index (κ2) is 4.04. The zero-order valence-corrected chi connectivity index (χ0v) is 8.28. The van der Waals surface area contributed by atoms with Crippen LogP contribution in [0.2, 0.25) is 0 Å². The van der Waals surface area contributed by atoms with Gasteiger partial charge in [0.05, 0.1) is 23.9 Å². The molecule has 0 bridgehead atoms. The highest BCUT2D eigenvalue weighted by Gasteiger charge is 2.08. The number of nitriles is 1. The molecular formula is C9H14N4. The van der Waals surface area contributed by atoms with E-state index >= 15 is 0 Å². The maximum absolute atomic E-state index is 8.51. The second-order valence-electron chi connectivity index (χ2n) is 3.53. The maximum Gasteiger partial charge on any atom is 0.0996 e. The van der Waals surface area contributed by atoms with E-state index in [0.29, 0.717) is 12.3 Å². The summed E-state index contributed by atoms with van der Waals surface area (Å²) in [7, 11) is 0. The van der Waals surface area contributed by atoms with Gasteiger partial charge in [-0.2, -0.15) is 5.26 Å². The van der Waals surface area contributed by atoms with Gasteiger partial charge in [-0.1, -0.05) is 19.1 Å². The molecule has 0 unspecified atom stereocenters. The molecule has 4 nitrogen and oxygen atoms in total. The number of rotatable bonds is 3. The molecule has 0 amide bonds. The van der Waals surface area contributed by atoms with Crippen LogP contribution in [0.15, 0.2) is 0 Å². The van der Waals surface area contributed by atoms with Crippen LogP contribution in [0.4, 0.5) is 0 Å². The average Bonchev–Trinajstić information content (AvgIpc) is 2.36. The Labute approximate surface area is 78.2 Å². The predicted molar refractivity (Wildman–Crippen MR) is 48.9 cm³/mol. The van der Waals surface area contributed by atoms with Gasteiger partial charge in [0.15, 0.2) is 0 Å². The van der Waals surface area contributed by atoms with Crippen LogP contribution in [-0.2, 0) is 13.0 Å². The van der Waals surface area contributed by atoms with Gasteiger partial charge < -0.3 is 0 Å². The molecule has 1 aromatic rings. The monoisotopic (exact) mass is 178 g/mol. The van der Waals surface area contributed by atoms with E-state index in [0.717, 1.165) is 17.9 Å². The summed E-state index contributed by atoms with van der Waals surface area (Å²) in [4.78, 5) is 0. The lowest BCUT2D eigenvalue weighted by atomic mass is 10.2. The van der Waals surface area contributed by atoms with E-state index in [2.05, 4.69) is 30.2 Å². The van der Waals surface area contributed by atoms with Crippen molar-refractivity contribution in [3.8, 4) is 6.07 Å². The van der Waals surface area contributed by atoms with Crippen molar-refractivity contribution in [2.45, 2.75) is 33.7 Å². The van der Waals surface area contributed by atoms with Gasteiger partial charge in [0.25, 0.3) is 0 Å². The van der Waals surface area contributed by atoms with E-state index in [1.54, 1.807) is 0 Å². The van der Waals surface area contributed by atoms with E-state index in [-0.39, 0.29) is 0 Å². The van der Waals surface area contributed by atoms with Crippen LogP contribution in [0.5, 0.6) is 0 Å². The Hall–Kier alpha value is -1.37. The Morgan fingerprint density at radius 2 is 2.23 bits per heavy atom. The van der Waals surface area contributed by atoms with Crippen molar-refractivity contribution < 1.29 is 0 Å².